The van der Waals surface area contributed by atoms with Crippen molar-refractivity contribution < 1.29 is 5.11 Å². The van der Waals surface area contributed by atoms with Crippen LogP contribution in [0.1, 0.15) is 11.3 Å². The second-order valence-corrected chi connectivity index (χ2v) is 3.85. The molecule has 1 N–H and O–H groups in total. The summed E-state index contributed by atoms with van der Waals surface area (Å²) in [6, 6.07) is 11.8. The highest BCUT2D eigenvalue weighted by atomic mass is 16.3. The molecule has 0 fully saturated rings. The fourth-order valence-corrected chi connectivity index (χ4v) is 1.58. The van der Waals surface area contributed by atoms with Crippen LogP contribution in [0, 0.1) is 0 Å². The Balaban J connectivity index is 2.11. The first-order chi connectivity index (χ1) is 8.29. The van der Waals surface area contributed by atoms with Crippen LogP contribution in [-0.2, 0) is 13.2 Å². The van der Waals surface area contributed by atoms with Crippen molar-refractivity contribution in [1.82, 2.24) is 9.97 Å². The number of aromatic nitrogens is 2. The molecule has 17 heavy (non-hydrogen) atoms. The lowest BCUT2D eigenvalue weighted by Crippen LogP contribution is -2.19. The average Bonchev–Trinajstić information content (AvgIpc) is 2.40. The third-order valence-corrected chi connectivity index (χ3v) is 2.47. The molecule has 0 radical (unpaired) electrons. The molecule has 2 rings (SSSR count). The summed E-state index contributed by atoms with van der Waals surface area (Å²) in [6.45, 7) is 0.685. The molecular formula is C13H15N3O. The highest BCUT2D eigenvalue weighted by Crippen LogP contribution is 2.10. The van der Waals surface area contributed by atoms with Crippen LogP contribution in [0.15, 0.2) is 42.6 Å². The number of rotatable bonds is 4. The molecule has 0 unspecified atom stereocenters. The first-order valence-electron chi connectivity index (χ1n) is 5.47. The molecular weight excluding hydrogens is 214 g/mol. The summed E-state index contributed by atoms with van der Waals surface area (Å²) < 4.78 is 0. The van der Waals surface area contributed by atoms with Crippen LogP contribution < -0.4 is 4.90 Å². The summed E-state index contributed by atoms with van der Waals surface area (Å²) in [7, 11) is 1.93. The van der Waals surface area contributed by atoms with E-state index in [0.717, 1.165) is 6.54 Å². The summed E-state index contributed by atoms with van der Waals surface area (Å²) in [5.74, 6) is 0.625. The lowest BCUT2D eigenvalue weighted by Gasteiger charge is -2.17. The monoisotopic (exact) mass is 229 g/mol. The van der Waals surface area contributed by atoms with E-state index in [1.165, 1.54) is 5.56 Å². The van der Waals surface area contributed by atoms with Crippen LogP contribution in [0.5, 0.6) is 0 Å². The quantitative estimate of drug-likeness (QED) is 0.865. The molecule has 2 aromatic rings. The van der Waals surface area contributed by atoms with Crippen molar-refractivity contribution in [2.75, 3.05) is 11.9 Å². The molecule has 0 atom stereocenters. The molecule has 0 aliphatic heterocycles. The topological polar surface area (TPSA) is 49.2 Å². The molecule has 4 nitrogen and oxygen atoms in total. The molecule has 1 aromatic carbocycles. The molecule has 1 aromatic heterocycles. The molecule has 0 amide bonds. The van der Waals surface area contributed by atoms with Crippen LogP contribution >= 0.6 is 0 Å². The lowest BCUT2D eigenvalue weighted by atomic mass is 10.2. The number of benzene rings is 1. The minimum atomic E-state index is -0.0608. The molecule has 0 aliphatic rings. The van der Waals surface area contributed by atoms with E-state index in [1.54, 1.807) is 12.3 Å². The highest BCUT2D eigenvalue weighted by molar-refractivity contribution is 5.31. The van der Waals surface area contributed by atoms with Crippen LogP contribution in [0.4, 0.5) is 5.95 Å². The fourth-order valence-electron chi connectivity index (χ4n) is 1.58. The van der Waals surface area contributed by atoms with Crippen LogP contribution in [0.2, 0.25) is 0 Å². The Morgan fingerprint density at radius 1 is 1.18 bits per heavy atom. The first-order valence-corrected chi connectivity index (χ1v) is 5.47. The SMILES string of the molecule is CN(Cc1ccccc1)c1nccc(CO)n1. The molecule has 0 spiro atoms. The van der Waals surface area contributed by atoms with Gasteiger partial charge in [0, 0.05) is 19.8 Å². The Hall–Kier alpha value is -1.94. The smallest absolute Gasteiger partial charge is 0.225 e. The van der Waals surface area contributed by atoms with Gasteiger partial charge in [-0.25, -0.2) is 9.97 Å². The van der Waals surface area contributed by atoms with Gasteiger partial charge in [0.15, 0.2) is 0 Å². The van der Waals surface area contributed by atoms with Crippen LogP contribution in [0.3, 0.4) is 0 Å². The predicted molar refractivity (Wildman–Crippen MR) is 66.5 cm³/mol. The molecule has 0 aliphatic carbocycles. The van der Waals surface area contributed by atoms with Crippen molar-refractivity contribution in [2.24, 2.45) is 0 Å². The fraction of sp³-hybridized carbons (Fsp3) is 0.231. The second kappa shape index (κ2) is 5.41. The van der Waals surface area contributed by atoms with Gasteiger partial charge in [0.1, 0.15) is 0 Å². The zero-order valence-electron chi connectivity index (χ0n) is 9.74. The van der Waals surface area contributed by atoms with Gasteiger partial charge in [-0.05, 0) is 11.6 Å². The van der Waals surface area contributed by atoms with Gasteiger partial charge >= 0.3 is 0 Å². The Morgan fingerprint density at radius 3 is 2.65 bits per heavy atom. The number of hydrogen-bond donors (Lipinski definition) is 1. The largest absolute Gasteiger partial charge is 0.390 e. The standard InChI is InChI=1S/C13H15N3O/c1-16(9-11-5-3-2-4-6-11)13-14-8-7-12(10-17)15-13/h2-8,17H,9-10H2,1H3. The van der Waals surface area contributed by atoms with E-state index >= 15 is 0 Å². The number of aliphatic hydroxyl groups is 1. The van der Waals surface area contributed by atoms with E-state index in [1.807, 2.05) is 30.1 Å². The van der Waals surface area contributed by atoms with E-state index < -0.39 is 0 Å². The van der Waals surface area contributed by atoms with E-state index in [-0.39, 0.29) is 6.61 Å². The Labute approximate surface area is 101 Å². The maximum atomic E-state index is 9.02. The Morgan fingerprint density at radius 2 is 1.94 bits per heavy atom. The molecule has 0 bridgehead atoms. The van der Waals surface area contributed by atoms with E-state index in [2.05, 4.69) is 22.1 Å². The van der Waals surface area contributed by atoms with Crippen molar-refractivity contribution in [3.8, 4) is 0 Å². The minimum Gasteiger partial charge on any atom is -0.390 e. The number of aliphatic hydroxyl groups excluding tert-OH is 1. The van der Waals surface area contributed by atoms with Gasteiger partial charge in [0.2, 0.25) is 5.95 Å². The highest BCUT2D eigenvalue weighted by Gasteiger charge is 2.05. The predicted octanol–water partition coefficient (Wildman–Crippen LogP) is 1.61. The maximum absolute atomic E-state index is 9.02. The van der Waals surface area contributed by atoms with Gasteiger partial charge in [-0.15, -0.1) is 0 Å². The number of hydrogen-bond acceptors (Lipinski definition) is 4. The summed E-state index contributed by atoms with van der Waals surface area (Å²) in [6.07, 6.45) is 1.66. The minimum absolute atomic E-state index is 0.0608. The zero-order chi connectivity index (χ0) is 12.1. The summed E-state index contributed by atoms with van der Waals surface area (Å²) >= 11 is 0. The lowest BCUT2D eigenvalue weighted by molar-refractivity contribution is 0.276. The van der Waals surface area contributed by atoms with Crippen molar-refractivity contribution in [1.29, 1.82) is 0 Å². The normalized spacial score (nSPS) is 10.2. The van der Waals surface area contributed by atoms with Gasteiger partial charge in [-0.2, -0.15) is 0 Å². The molecule has 4 heteroatoms. The third kappa shape index (κ3) is 3.01. The Bertz CT molecular complexity index is 473. The number of nitrogens with zero attached hydrogens (tertiary/aromatic N) is 3. The van der Waals surface area contributed by atoms with Crippen LogP contribution in [-0.4, -0.2) is 22.1 Å². The van der Waals surface area contributed by atoms with Gasteiger partial charge in [-0.1, -0.05) is 30.3 Å². The summed E-state index contributed by atoms with van der Waals surface area (Å²) in [5, 5.41) is 9.02. The summed E-state index contributed by atoms with van der Waals surface area (Å²) in [4.78, 5) is 10.4. The molecule has 88 valence electrons. The molecule has 0 saturated carbocycles. The third-order valence-electron chi connectivity index (χ3n) is 2.47. The van der Waals surface area contributed by atoms with Gasteiger partial charge < -0.3 is 10.0 Å². The second-order valence-electron chi connectivity index (χ2n) is 3.85. The first kappa shape index (κ1) is 11.5. The van der Waals surface area contributed by atoms with Crippen molar-refractivity contribution in [3.63, 3.8) is 0 Å². The Kier molecular flexibility index (Phi) is 3.67. The molecule has 1 heterocycles. The van der Waals surface area contributed by atoms with Crippen molar-refractivity contribution >= 4 is 5.95 Å². The zero-order valence-corrected chi connectivity index (χ0v) is 9.74. The average molecular weight is 229 g/mol. The summed E-state index contributed by atoms with van der Waals surface area (Å²) in [5.41, 5.74) is 1.84. The van der Waals surface area contributed by atoms with Gasteiger partial charge in [0.25, 0.3) is 0 Å². The van der Waals surface area contributed by atoms with Gasteiger partial charge in [-0.3, -0.25) is 0 Å². The maximum Gasteiger partial charge on any atom is 0.225 e. The van der Waals surface area contributed by atoms with E-state index in [4.69, 9.17) is 5.11 Å². The van der Waals surface area contributed by atoms with Crippen LogP contribution in [0.25, 0.3) is 0 Å². The van der Waals surface area contributed by atoms with Crippen molar-refractivity contribution in [2.45, 2.75) is 13.2 Å². The molecule has 0 saturated heterocycles. The van der Waals surface area contributed by atoms with Crippen molar-refractivity contribution in [3.05, 3.63) is 53.9 Å². The van der Waals surface area contributed by atoms with Gasteiger partial charge in [0.05, 0.1) is 12.3 Å². The van der Waals surface area contributed by atoms with E-state index in [9.17, 15) is 0 Å². The number of anilines is 1. The van der Waals surface area contributed by atoms with E-state index in [0.29, 0.717) is 11.6 Å².